The quantitative estimate of drug-likeness (QED) is 0.721. The SMILES string of the molecule is CCSC(=O)/C=C/[C@H](C)c1ccccc1. The van der Waals surface area contributed by atoms with Crippen LogP contribution < -0.4 is 0 Å². The molecule has 0 aliphatic carbocycles. The zero-order valence-electron chi connectivity index (χ0n) is 9.14. The Morgan fingerprint density at radius 1 is 1.40 bits per heavy atom. The van der Waals surface area contributed by atoms with Gasteiger partial charge in [-0.2, -0.15) is 0 Å². The standard InChI is InChI=1S/C13H16OS/c1-3-15-13(14)10-9-11(2)12-7-5-4-6-8-12/h4-11H,3H2,1-2H3/b10-9+/t11-/m0/s1. The number of hydrogen-bond acceptors (Lipinski definition) is 2. The lowest BCUT2D eigenvalue weighted by atomic mass is 10.0. The van der Waals surface area contributed by atoms with Crippen LogP contribution >= 0.6 is 11.8 Å². The molecule has 0 N–H and O–H groups in total. The summed E-state index contributed by atoms with van der Waals surface area (Å²) in [5.74, 6) is 1.13. The van der Waals surface area contributed by atoms with Gasteiger partial charge in [0.15, 0.2) is 0 Å². The number of thioether (sulfide) groups is 1. The van der Waals surface area contributed by atoms with Crippen LogP contribution in [-0.4, -0.2) is 10.9 Å². The maximum absolute atomic E-state index is 11.3. The molecular weight excluding hydrogens is 204 g/mol. The van der Waals surface area contributed by atoms with Gasteiger partial charge in [-0.25, -0.2) is 0 Å². The van der Waals surface area contributed by atoms with Gasteiger partial charge in [-0.05, 0) is 23.3 Å². The fourth-order valence-corrected chi connectivity index (χ4v) is 1.74. The van der Waals surface area contributed by atoms with Crippen LogP contribution in [0.4, 0.5) is 0 Å². The molecule has 1 aromatic carbocycles. The summed E-state index contributed by atoms with van der Waals surface area (Å²) in [5.41, 5.74) is 1.24. The van der Waals surface area contributed by atoms with Gasteiger partial charge in [-0.15, -0.1) is 0 Å². The molecule has 0 spiro atoms. The molecule has 1 aromatic rings. The van der Waals surface area contributed by atoms with Crippen molar-refractivity contribution in [2.75, 3.05) is 5.75 Å². The van der Waals surface area contributed by atoms with Gasteiger partial charge in [-0.3, -0.25) is 4.79 Å². The highest BCUT2D eigenvalue weighted by atomic mass is 32.2. The van der Waals surface area contributed by atoms with E-state index in [0.717, 1.165) is 5.75 Å². The zero-order valence-corrected chi connectivity index (χ0v) is 9.96. The van der Waals surface area contributed by atoms with Crippen molar-refractivity contribution in [1.29, 1.82) is 0 Å². The van der Waals surface area contributed by atoms with E-state index < -0.39 is 0 Å². The molecule has 0 aliphatic rings. The number of rotatable bonds is 4. The Kier molecular flexibility index (Phi) is 5.19. The first-order chi connectivity index (χ1) is 7.24. The fraction of sp³-hybridized carbons (Fsp3) is 0.308. The average molecular weight is 220 g/mol. The average Bonchev–Trinajstić information content (AvgIpc) is 2.27. The Labute approximate surface area is 95.6 Å². The largest absolute Gasteiger partial charge is 0.282 e. The van der Waals surface area contributed by atoms with Crippen molar-refractivity contribution in [3.05, 3.63) is 48.0 Å². The minimum atomic E-state index is 0.139. The van der Waals surface area contributed by atoms with Crippen molar-refractivity contribution in [2.24, 2.45) is 0 Å². The second kappa shape index (κ2) is 6.46. The molecule has 0 heterocycles. The molecular formula is C13H16OS. The summed E-state index contributed by atoms with van der Waals surface area (Å²) < 4.78 is 0. The highest BCUT2D eigenvalue weighted by Crippen LogP contribution is 2.16. The van der Waals surface area contributed by atoms with E-state index in [-0.39, 0.29) is 5.12 Å². The van der Waals surface area contributed by atoms with Crippen molar-refractivity contribution in [1.82, 2.24) is 0 Å². The number of benzene rings is 1. The topological polar surface area (TPSA) is 17.1 Å². The van der Waals surface area contributed by atoms with Crippen molar-refractivity contribution >= 4 is 16.9 Å². The Bertz CT molecular complexity index is 330. The number of hydrogen-bond donors (Lipinski definition) is 0. The third-order valence-corrected chi connectivity index (χ3v) is 2.84. The molecule has 1 atom stereocenters. The smallest absolute Gasteiger partial charge is 0.211 e. The molecule has 15 heavy (non-hydrogen) atoms. The van der Waals surface area contributed by atoms with Gasteiger partial charge < -0.3 is 0 Å². The van der Waals surface area contributed by atoms with Crippen LogP contribution in [0.5, 0.6) is 0 Å². The summed E-state index contributed by atoms with van der Waals surface area (Å²) in [5, 5.41) is 0.139. The van der Waals surface area contributed by atoms with E-state index in [2.05, 4.69) is 19.1 Å². The van der Waals surface area contributed by atoms with Crippen molar-refractivity contribution in [2.45, 2.75) is 19.8 Å². The van der Waals surface area contributed by atoms with Gasteiger partial charge in [-0.1, -0.05) is 62.0 Å². The lowest BCUT2D eigenvalue weighted by molar-refractivity contribution is -0.107. The lowest BCUT2D eigenvalue weighted by Gasteiger charge is -2.05. The summed E-state index contributed by atoms with van der Waals surface area (Å²) >= 11 is 1.34. The van der Waals surface area contributed by atoms with E-state index in [1.54, 1.807) is 6.08 Å². The van der Waals surface area contributed by atoms with Gasteiger partial charge in [0, 0.05) is 0 Å². The summed E-state index contributed by atoms with van der Waals surface area (Å²) in [7, 11) is 0. The molecule has 0 radical (unpaired) electrons. The minimum Gasteiger partial charge on any atom is -0.282 e. The molecule has 80 valence electrons. The normalized spacial score (nSPS) is 12.9. The molecule has 0 saturated carbocycles. The molecule has 0 fully saturated rings. The van der Waals surface area contributed by atoms with E-state index >= 15 is 0 Å². The molecule has 0 unspecified atom stereocenters. The lowest BCUT2D eigenvalue weighted by Crippen LogP contribution is -1.91. The van der Waals surface area contributed by atoms with E-state index in [0.29, 0.717) is 5.92 Å². The Morgan fingerprint density at radius 3 is 2.67 bits per heavy atom. The molecule has 0 aliphatic heterocycles. The first-order valence-electron chi connectivity index (χ1n) is 5.14. The number of carbonyl (C=O) groups is 1. The minimum absolute atomic E-state index is 0.139. The van der Waals surface area contributed by atoms with E-state index in [9.17, 15) is 4.79 Å². The van der Waals surface area contributed by atoms with E-state index in [4.69, 9.17) is 0 Å². The van der Waals surface area contributed by atoms with Crippen LogP contribution in [0.15, 0.2) is 42.5 Å². The first kappa shape index (κ1) is 12.1. The summed E-state index contributed by atoms with van der Waals surface area (Å²) in [6.45, 7) is 4.08. The second-order valence-electron chi connectivity index (χ2n) is 3.31. The van der Waals surface area contributed by atoms with Gasteiger partial charge in [0.2, 0.25) is 5.12 Å². The highest BCUT2D eigenvalue weighted by molar-refractivity contribution is 8.14. The summed E-state index contributed by atoms with van der Waals surface area (Å²) in [6, 6.07) is 10.2. The molecule has 0 bridgehead atoms. The van der Waals surface area contributed by atoms with Crippen LogP contribution in [0, 0.1) is 0 Å². The Balaban J connectivity index is 2.56. The van der Waals surface area contributed by atoms with Gasteiger partial charge in [0.25, 0.3) is 0 Å². The third kappa shape index (κ3) is 4.34. The fourth-order valence-electron chi connectivity index (χ4n) is 1.28. The zero-order chi connectivity index (χ0) is 11.1. The predicted octanol–water partition coefficient (Wildman–Crippen LogP) is 3.63. The molecule has 0 saturated heterocycles. The van der Waals surface area contributed by atoms with Crippen LogP contribution in [0.3, 0.4) is 0 Å². The van der Waals surface area contributed by atoms with Crippen molar-refractivity contribution < 1.29 is 4.79 Å². The van der Waals surface area contributed by atoms with E-state index in [1.165, 1.54) is 17.3 Å². The summed E-state index contributed by atoms with van der Waals surface area (Å²) in [4.78, 5) is 11.3. The van der Waals surface area contributed by atoms with Gasteiger partial charge >= 0.3 is 0 Å². The summed E-state index contributed by atoms with van der Waals surface area (Å²) in [6.07, 6.45) is 3.63. The van der Waals surface area contributed by atoms with Gasteiger partial charge in [0.1, 0.15) is 0 Å². The Hall–Kier alpha value is -1.02. The van der Waals surface area contributed by atoms with Crippen LogP contribution in [0.1, 0.15) is 25.3 Å². The predicted molar refractivity (Wildman–Crippen MR) is 67.1 cm³/mol. The highest BCUT2D eigenvalue weighted by Gasteiger charge is 2.01. The molecule has 0 amide bonds. The maximum Gasteiger partial charge on any atom is 0.211 e. The molecule has 1 nitrogen and oxygen atoms in total. The monoisotopic (exact) mass is 220 g/mol. The second-order valence-corrected chi connectivity index (χ2v) is 4.58. The number of carbonyl (C=O) groups excluding carboxylic acids is 1. The van der Waals surface area contributed by atoms with Crippen molar-refractivity contribution in [3.63, 3.8) is 0 Å². The van der Waals surface area contributed by atoms with Crippen LogP contribution in [0.25, 0.3) is 0 Å². The third-order valence-electron chi connectivity index (χ3n) is 2.13. The first-order valence-corrected chi connectivity index (χ1v) is 6.12. The molecule has 1 rings (SSSR count). The van der Waals surface area contributed by atoms with E-state index in [1.807, 2.05) is 31.2 Å². The Morgan fingerprint density at radius 2 is 2.07 bits per heavy atom. The van der Waals surface area contributed by atoms with Crippen LogP contribution in [0.2, 0.25) is 0 Å². The number of allylic oxidation sites excluding steroid dienone is 1. The maximum atomic E-state index is 11.3. The molecule has 2 heteroatoms. The van der Waals surface area contributed by atoms with Gasteiger partial charge in [0.05, 0.1) is 0 Å². The molecule has 0 aromatic heterocycles. The van der Waals surface area contributed by atoms with Crippen LogP contribution in [-0.2, 0) is 4.79 Å². The van der Waals surface area contributed by atoms with Crippen molar-refractivity contribution in [3.8, 4) is 0 Å².